The molecule has 0 amide bonds. The van der Waals surface area contributed by atoms with Gasteiger partial charge in [-0.1, -0.05) is 40.7 Å². The van der Waals surface area contributed by atoms with Crippen molar-refractivity contribution in [2.45, 2.75) is 33.6 Å². The van der Waals surface area contributed by atoms with E-state index in [1.54, 1.807) is 42.1 Å². The van der Waals surface area contributed by atoms with Crippen LogP contribution in [-0.2, 0) is 12.8 Å². The van der Waals surface area contributed by atoms with Gasteiger partial charge in [0.1, 0.15) is 46.3 Å². The number of pyridine rings is 4. The minimum atomic E-state index is -0.205. The van der Waals surface area contributed by atoms with E-state index in [0.717, 1.165) is 58.4 Å². The molecule has 0 unspecified atom stereocenters. The molecule has 56 heavy (non-hydrogen) atoms. The van der Waals surface area contributed by atoms with E-state index in [2.05, 4.69) is 63.4 Å². The van der Waals surface area contributed by atoms with Crippen molar-refractivity contribution >= 4 is 57.4 Å². The molecule has 0 radical (unpaired) electrons. The lowest BCUT2D eigenvalue weighted by Gasteiger charge is -2.19. The molecule has 0 aliphatic carbocycles. The van der Waals surface area contributed by atoms with Crippen LogP contribution in [0, 0.1) is 0 Å². The minimum absolute atomic E-state index is 0. The highest BCUT2D eigenvalue weighted by molar-refractivity contribution is 5.82. The van der Waals surface area contributed by atoms with Crippen LogP contribution in [0.3, 0.4) is 0 Å². The zero-order valence-corrected chi connectivity index (χ0v) is 31.6. The molecule has 18 heteroatoms. The topological polar surface area (TPSA) is 264 Å². The standard InChI is InChI=1S/C11H15N3O.C9H12N4O.C9H11N3O.C8H10N4O.CH4/c1-3-4-14-7(2)5-8-9(14)6-10(12)13-11(8)15;1-5-12(2)6-4-7(10)11-9(14)8(6)13(5)3;1-5-3-6-7(12(5)2)4-8(10)11-9(6)13;1-4-10-5-3-6(9)11-8(13)7(5)12(4)2;/h6H,2-5H2,1H3,(H3,12,13,15);4H,1H2,2-3H3,(H3,10,11,14);4H,1,3H2,2H3,(H3,10,11,13);3,10H,1H2,2H3,(H3,9,11,13);1H4. The Labute approximate surface area is 324 Å². The molecule has 4 aromatic heterocycles. The summed E-state index contributed by atoms with van der Waals surface area (Å²) in [5.74, 6) is 2.95. The molecule has 8 rings (SSSR count). The number of nitrogens with two attached hydrogens (primary N) is 4. The molecule has 0 spiro atoms. The Morgan fingerprint density at radius 1 is 0.589 bits per heavy atom. The highest BCUT2D eigenvalue weighted by Crippen LogP contribution is 2.36. The monoisotopic (exact) mass is 768 g/mol. The molecule has 298 valence electrons. The van der Waals surface area contributed by atoms with Crippen molar-refractivity contribution in [2.75, 3.05) is 87.5 Å². The van der Waals surface area contributed by atoms with Gasteiger partial charge in [0.2, 0.25) is 0 Å². The van der Waals surface area contributed by atoms with E-state index in [-0.39, 0.29) is 29.7 Å². The molecular weight excluding hydrogens is 717 g/mol. The molecule has 0 atom stereocenters. The first-order chi connectivity index (χ1) is 25.8. The molecule has 4 aromatic rings. The summed E-state index contributed by atoms with van der Waals surface area (Å²) < 4.78 is 0. The van der Waals surface area contributed by atoms with Gasteiger partial charge in [-0.3, -0.25) is 19.2 Å². The molecule has 8 heterocycles. The van der Waals surface area contributed by atoms with Crippen molar-refractivity contribution < 1.29 is 0 Å². The fraction of sp³-hybridized carbons (Fsp3) is 0.263. The highest BCUT2D eigenvalue weighted by Gasteiger charge is 2.28. The van der Waals surface area contributed by atoms with Crippen molar-refractivity contribution in [3.8, 4) is 0 Å². The van der Waals surface area contributed by atoms with Gasteiger partial charge in [0, 0.05) is 94.4 Å². The van der Waals surface area contributed by atoms with Gasteiger partial charge < -0.3 is 72.7 Å². The maximum atomic E-state index is 11.6. The molecule has 0 saturated heterocycles. The number of rotatable bonds is 2. The first-order valence-electron chi connectivity index (χ1n) is 17.2. The average Bonchev–Trinajstić information content (AvgIpc) is 3.75. The first kappa shape index (κ1) is 41.5. The van der Waals surface area contributed by atoms with E-state index < -0.39 is 0 Å². The lowest BCUT2D eigenvalue weighted by atomic mass is 10.2. The number of nitrogens with zero attached hydrogens (tertiary/aromatic N) is 5. The van der Waals surface area contributed by atoms with Crippen LogP contribution < -0.4 is 75.0 Å². The number of allylic oxidation sites excluding steroid dienone is 2. The van der Waals surface area contributed by atoms with Crippen molar-refractivity contribution in [3.05, 3.63) is 126 Å². The SMILES string of the molecule is C.C=C1Cc2c(cc(N)[nH]c2=O)N1C.C=C1Cc2c(cc(N)[nH]c2=O)N1CCC.C=C1N(C)c2cc(N)[nH]c(=O)c2N1C.C=C1Nc2cc(N)[nH]c(=O)c2N1C. The molecule has 0 aromatic carbocycles. The zero-order chi connectivity index (χ0) is 40.6. The molecule has 18 nitrogen and oxygen atoms in total. The Morgan fingerprint density at radius 2 is 1.05 bits per heavy atom. The third-order valence-corrected chi connectivity index (χ3v) is 9.51. The summed E-state index contributed by atoms with van der Waals surface area (Å²) in [6, 6.07) is 6.97. The van der Waals surface area contributed by atoms with E-state index in [4.69, 9.17) is 22.9 Å². The second-order valence-corrected chi connectivity index (χ2v) is 13.3. The van der Waals surface area contributed by atoms with Gasteiger partial charge >= 0.3 is 0 Å². The summed E-state index contributed by atoms with van der Waals surface area (Å²) in [5.41, 5.74) is 29.4. The molecular formula is C38H52N14O4. The van der Waals surface area contributed by atoms with Crippen LogP contribution in [0.4, 0.5) is 57.4 Å². The number of aromatic nitrogens is 4. The van der Waals surface area contributed by atoms with Crippen LogP contribution >= 0.6 is 0 Å². The number of H-pyrrole nitrogens is 4. The molecule has 4 aliphatic heterocycles. The van der Waals surface area contributed by atoms with Gasteiger partial charge in [0.15, 0.2) is 0 Å². The number of anilines is 10. The van der Waals surface area contributed by atoms with Crippen LogP contribution in [0.5, 0.6) is 0 Å². The van der Waals surface area contributed by atoms with Gasteiger partial charge in [-0.2, -0.15) is 0 Å². The number of hydrogen-bond donors (Lipinski definition) is 9. The Balaban J connectivity index is 0.000000165. The Bertz CT molecular complexity index is 2470. The van der Waals surface area contributed by atoms with E-state index in [1.807, 2.05) is 30.0 Å². The van der Waals surface area contributed by atoms with Crippen LogP contribution in [-0.4, -0.2) is 54.7 Å². The summed E-state index contributed by atoms with van der Waals surface area (Å²) >= 11 is 0. The average molecular weight is 769 g/mol. The van der Waals surface area contributed by atoms with Crippen LogP contribution in [0.25, 0.3) is 0 Å². The summed E-state index contributed by atoms with van der Waals surface area (Å²) in [4.78, 5) is 65.5. The third kappa shape index (κ3) is 7.84. The number of nitrogens with one attached hydrogen (secondary N) is 5. The Morgan fingerprint density at radius 3 is 1.62 bits per heavy atom. The number of likely N-dealkylation sites (N-methyl/N-ethyl adjacent to an activating group) is 1. The zero-order valence-electron chi connectivity index (χ0n) is 31.6. The minimum Gasteiger partial charge on any atom is -0.385 e. The summed E-state index contributed by atoms with van der Waals surface area (Å²) in [5, 5.41) is 2.96. The lowest BCUT2D eigenvalue weighted by Crippen LogP contribution is -2.22. The fourth-order valence-electron chi connectivity index (χ4n) is 6.54. The quantitative estimate of drug-likeness (QED) is 0.142. The van der Waals surface area contributed by atoms with E-state index >= 15 is 0 Å². The number of aromatic amines is 4. The van der Waals surface area contributed by atoms with Gasteiger partial charge in [-0.15, -0.1) is 0 Å². The smallest absolute Gasteiger partial charge is 0.275 e. The maximum Gasteiger partial charge on any atom is 0.275 e. The maximum absolute atomic E-state index is 11.6. The predicted octanol–water partition coefficient (Wildman–Crippen LogP) is 2.95. The normalized spacial score (nSPS) is 14.3. The molecule has 4 aliphatic rings. The lowest BCUT2D eigenvalue weighted by molar-refractivity contribution is 0.859. The van der Waals surface area contributed by atoms with Crippen LogP contribution in [0.15, 0.2) is 92.8 Å². The van der Waals surface area contributed by atoms with Crippen LogP contribution in [0.1, 0.15) is 31.9 Å². The van der Waals surface area contributed by atoms with Crippen molar-refractivity contribution in [2.24, 2.45) is 0 Å². The van der Waals surface area contributed by atoms with E-state index in [9.17, 15) is 19.2 Å². The summed E-state index contributed by atoms with van der Waals surface area (Å²) in [6.45, 7) is 18.4. The van der Waals surface area contributed by atoms with Gasteiger partial charge in [-0.05, 0) is 6.42 Å². The highest BCUT2D eigenvalue weighted by atomic mass is 16.1. The van der Waals surface area contributed by atoms with Gasteiger partial charge in [0.25, 0.3) is 22.2 Å². The third-order valence-electron chi connectivity index (χ3n) is 9.51. The van der Waals surface area contributed by atoms with E-state index in [1.165, 1.54) is 0 Å². The first-order valence-corrected chi connectivity index (χ1v) is 17.2. The fourth-order valence-corrected chi connectivity index (χ4v) is 6.54. The van der Waals surface area contributed by atoms with E-state index in [0.29, 0.717) is 59.0 Å². The summed E-state index contributed by atoms with van der Waals surface area (Å²) in [6.07, 6.45) is 2.26. The Hall–Kier alpha value is -7.24. The van der Waals surface area contributed by atoms with Crippen LogP contribution in [0.2, 0.25) is 0 Å². The number of nitrogen functional groups attached to an aromatic ring is 4. The van der Waals surface area contributed by atoms with Gasteiger partial charge in [0.05, 0.1) is 22.7 Å². The second kappa shape index (κ2) is 16.0. The van der Waals surface area contributed by atoms with Crippen molar-refractivity contribution in [3.63, 3.8) is 0 Å². The second-order valence-electron chi connectivity index (χ2n) is 13.3. The Kier molecular flexibility index (Phi) is 11.9. The largest absolute Gasteiger partial charge is 0.385 e. The summed E-state index contributed by atoms with van der Waals surface area (Å²) in [7, 11) is 7.30. The molecule has 0 saturated carbocycles. The van der Waals surface area contributed by atoms with Crippen molar-refractivity contribution in [1.29, 1.82) is 0 Å². The van der Waals surface area contributed by atoms with Gasteiger partial charge in [-0.25, -0.2) is 0 Å². The van der Waals surface area contributed by atoms with Crippen molar-refractivity contribution in [1.82, 2.24) is 19.9 Å². The molecule has 13 N–H and O–H groups in total. The molecule has 0 fully saturated rings. The predicted molar refractivity (Wildman–Crippen MR) is 231 cm³/mol. The molecule has 0 bridgehead atoms. The number of fused-ring (bicyclic) bond motifs is 4. The number of hydrogen-bond acceptors (Lipinski definition) is 14.